The van der Waals surface area contributed by atoms with Gasteiger partial charge in [0.2, 0.25) is 5.91 Å². The van der Waals surface area contributed by atoms with Gasteiger partial charge in [-0.25, -0.2) is 0 Å². The number of nitrogens with zero attached hydrogens (tertiary/aromatic N) is 1. The summed E-state index contributed by atoms with van der Waals surface area (Å²) in [6, 6.07) is 9.84. The molecule has 2 aromatic heterocycles. The molecule has 19 heavy (non-hydrogen) atoms. The predicted octanol–water partition coefficient (Wildman–Crippen LogP) is 2.82. The molecule has 3 nitrogen and oxygen atoms in total. The molecular weight excluding hydrogens is 256 g/mol. The molecule has 4 heteroatoms. The second kappa shape index (κ2) is 6.85. The van der Waals surface area contributed by atoms with Gasteiger partial charge >= 0.3 is 0 Å². The van der Waals surface area contributed by atoms with E-state index in [2.05, 4.69) is 17.2 Å². The summed E-state index contributed by atoms with van der Waals surface area (Å²) in [7, 11) is 0. The lowest BCUT2D eigenvalue weighted by Gasteiger charge is -2.01. The molecule has 0 saturated carbocycles. The Morgan fingerprint density at radius 1 is 1.37 bits per heavy atom. The van der Waals surface area contributed by atoms with Crippen molar-refractivity contribution < 1.29 is 4.79 Å². The summed E-state index contributed by atoms with van der Waals surface area (Å²) in [5.74, 6) is -0.0676. The van der Waals surface area contributed by atoms with E-state index in [0.29, 0.717) is 6.54 Å². The molecule has 0 aliphatic carbocycles. The molecule has 0 bridgehead atoms. The minimum atomic E-state index is -0.0676. The zero-order valence-electron chi connectivity index (χ0n) is 10.8. The van der Waals surface area contributed by atoms with Crippen molar-refractivity contribution in [3.05, 3.63) is 58.1 Å². The van der Waals surface area contributed by atoms with Gasteiger partial charge in [-0.15, -0.1) is 11.3 Å². The van der Waals surface area contributed by atoms with E-state index in [1.54, 1.807) is 23.6 Å². The van der Waals surface area contributed by atoms with E-state index >= 15 is 0 Å². The van der Waals surface area contributed by atoms with Crippen LogP contribution < -0.4 is 5.32 Å². The number of nitrogens with one attached hydrogen (secondary N) is 1. The molecule has 1 N–H and O–H groups in total. The highest BCUT2D eigenvalue weighted by molar-refractivity contribution is 7.12. The van der Waals surface area contributed by atoms with E-state index in [4.69, 9.17) is 0 Å². The van der Waals surface area contributed by atoms with Crippen molar-refractivity contribution in [2.75, 3.05) is 6.54 Å². The molecule has 0 saturated heterocycles. The Labute approximate surface area is 117 Å². The molecule has 0 atom stereocenters. The van der Waals surface area contributed by atoms with Crippen molar-refractivity contribution in [2.45, 2.75) is 13.3 Å². The molecule has 2 heterocycles. The monoisotopic (exact) mass is 272 g/mol. The number of amides is 1. The minimum Gasteiger partial charge on any atom is -0.352 e. The number of hydrogen-bond acceptors (Lipinski definition) is 3. The van der Waals surface area contributed by atoms with E-state index < -0.39 is 0 Å². The van der Waals surface area contributed by atoms with E-state index in [1.165, 1.54) is 4.88 Å². The van der Waals surface area contributed by atoms with Crippen LogP contribution in [-0.4, -0.2) is 17.4 Å². The van der Waals surface area contributed by atoms with E-state index in [1.807, 2.05) is 36.4 Å². The van der Waals surface area contributed by atoms with Gasteiger partial charge in [-0.3, -0.25) is 9.78 Å². The van der Waals surface area contributed by atoms with Crippen molar-refractivity contribution in [3.8, 4) is 0 Å². The largest absolute Gasteiger partial charge is 0.352 e. The third-order valence-corrected chi connectivity index (χ3v) is 3.53. The SMILES string of the molecule is Cc1ccc(/C=C/C(=O)NCCc2ccccn2)s1. The van der Waals surface area contributed by atoms with Crippen LogP contribution >= 0.6 is 11.3 Å². The first-order valence-electron chi connectivity index (χ1n) is 6.16. The van der Waals surface area contributed by atoms with Gasteiger partial charge in [-0.05, 0) is 37.3 Å². The van der Waals surface area contributed by atoms with Crippen LogP contribution in [0, 0.1) is 6.92 Å². The third kappa shape index (κ3) is 4.67. The van der Waals surface area contributed by atoms with Crippen LogP contribution in [0.1, 0.15) is 15.4 Å². The fourth-order valence-electron chi connectivity index (χ4n) is 1.62. The summed E-state index contributed by atoms with van der Waals surface area (Å²) in [5.41, 5.74) is 0.987. The molecular formula is C15H16N2OS. The van der Waals surface area contributed by atoms with Gasteiger partial charge in [-0.1, -0.05) is 6.07 Å². The van der Waals surface area contributed by atoms with Crippen molar-refractivity contribution in [2.24, 2.45) is 0 Å². The highest BCUT2D eigenvalue weighted by atomic mass is 32.1. The first-order valence-corrected chi connectivity index (χ1v) is 6.98. The van der Waals surface area contributed by atoms with E-state index in [-0.39, 0.29) is 5.91 Å². The number of thiophene rings is 1. The number of aryl methyl sites for hydroxylation is 1. The van der Waals surface area contributed by atoms with Crippen LogP contribution in [-0.2, 0) is 11.2 Å². The fraction of sp³-hybridized carbons (Fsp3) is 0.200. The second-order valence-electron chi connectivity index (χ2n) is 4.14. The van der Waals surface area contributed by atoms with Crippen LogP contribution in [0.5, 0.6) is 0 Å². The normalized spacial score (nSPS) is 10.8. The summed E-state index contributed by atoms with van der Waals surface area (Å²) in [5, 5.41) is 2.85. The van der Waals surface area contributed by atoms with Crippen LogP contribution in [0.3, 0.4) is 0 Å². The Balaban J connectivity index is 1.74. The average Bonchev–Trinajstić information content (AvgIpc) is 2.83. The summed E-state index contributed by atoms with van der Waals surface area (Å²) in [6.07, 6.45) is 5.92. The first-order chi connectivity index (χ1) is 9.24. The number of carbonyl (C=O) groups is 1. The Morgan fingerprint density at radius 3 is 2.95 bits per heavy atom. The van der Waals surface area contributed by atoms with Crippen LogP contribution in [0.15, 0.2) is 42.6 Å². The summed E-state index contributed by atoms with van der Waals surface area (Å²) in [6.45, 7) is 2.65. The van der Waals surface area contributed by atoms with Crippen molar-refractivity contribution in [1.82, 2.24) is 10.3 Å². The lowest BCUT2D eigenvalue weighted by Crippen LogP contribution is -2.23. The van der Waals surface area contributed by atoms with Crippen LogP contribution in [0.2, 0.25) is 0 Å². The lowest BCUT2D eigenvalue weighted by atomic mass is 10.3. The van der Waals surface area contributed by atoms with Gasteiger partial charge in [0.1, 0.15) is 0 Å². The molecule has 0 radical (unpaired) electrons. The zero-order valence-corrected chi connectivity index (χ0v) is 11.6. The molecule has 0 fully saturated rings. The maximum atomic E-state index is 11.6. The Morgan fingerprint density at radius 2 is 2.26 bits per heavy atom. The lowest BCUT2D eigenvalue weighted by molar-refractivity contribution is -0.116. The van der Waals surface area contributed by atoms with Gasteiger partial charge in [0, 0.05) is 40.7 Å². The number of rotatable bonds is 5. The van der Waals surface area contributed by atoms with Gasteiger partial charge in [-0.2, -0.15) is 0 Å². The molecule has 98 valence electrons. The van der Waals surface area contributed by atoms with Crippen LogP contribution in [0.4, 0.5) is 0 Å². The molecule has 2 aromatic rings. The fourth-order valence-corrected chi connectivity index (χ4v) is 2.40. The molecule has 2 rings (SSSR count). The molecule has 0 spiro atoms. The third-order valence-electron chi connectivity index (χ3n) is 2.57. The van der Waals surface area contributed by atoms with E-state index in [0.717, 1.165) is 17.0 Å². The van der Waals surface area contributed by atoms with Crippen molar-refractivity contribution in [1.29, 1.82) is 0 Å². The molecule has 1 amide bonds. The topological polar surface area (TPSA) is 42.0 Å². The minimum absolute atomic E-state index is 0.0676. The Kier molecular flexibility index (Phi) is 4.86. The summed E-state index contributed by atoms with van der Waals surface area (Å²) >= 11 is 1.67. The first kappa shape index (κ1) is 13.5. The maximum Gasteiger partial charge on any atom is 0.244 e. The Hall–Kier alpha value is -1.94. The number of pyridine rings is 1. The molecule has 0 aliphatic heterocycles. The molecule has 0 aromatic carbocycles. The smallest absolute Gasteiger partial charge is 0.244 e. The van der Waals surface area contributed by atoms with Crippen molar-refractivity contribution >= 4 is 23.3 Å². The second-order valence-corrected chi connectivity index (χ2v) is 5.46. The average molecular weight is 272 g/mol. The van der Waals surface area contributed by atoms with Crippen molar-refractivity contribution in [3.63, 3.8) is 0 Å². The predicted molar refractivity (Wildman–Crippen MR) is 79.0 cm³/mol. The van der Waals surface area contributed by atoms with Gasteiger partial charge < -0.3 is 5.32 Å². The quantitative estimate of drug-likeness (QED) is 0.850. The Bertz CT molecular complexity index is 561. The summed E-state index contributed by atoms with van der Waals surface area (Å²) < 4.78 is 0. The van der Waals surface area contributed by atoms with Gasteiger partial charge in [0.25, 0.3) is 0 Å². The van der Waals surface area contributed by atoms with E-state index in [9.17, 15) is 4.79 Å². The number of aromatic nitrogens is 1. The maximum absolute atomic E-state index is 11.6. The highest BCUT2D eigenvalue weighted by Gasteiger charge is 1.97. The summed E-state index contributed by atoms with van der Waals surface area (Å²) in [4.78, 5) is 18.1. The zero-order chi connectivity index (χ0) is 13.5. The van der Waals surface area contributed by atoms with Gasteiger partial charge in [0.15, 0.2) is 0 Å². The number of carbonyl (C=O) groups excluding carboxylic acids is 1. The molecule has 0 unspecified atom stereocenters. The highest BCUT2D eigenvalue weighted by Crippen LogP contribution is 2.16. The van der Waals surface area contributed by atoms with Crippen LogP contribution in [0.25, 0.3) is 6.08 Å². The molecule has 0 aliphatic rings. The van der Waals surface area contributed by atoms with Gasteiger partial charge in [0.05, 0.1) is 0 Å². The number of hydrogen-bond donors (Lipinski definition) is 1. The standard InChI is InChI=1S/C15H16N2OS/c1-12-5-6-14(19-12)7-8-15(18)17-11-9-13-4-2-3-10-16-13/h2-8,10H,9,11H2,1H3,(H,17,18)/b8-7+.